The molecule has 3 rings (SSSR count). The van der Waals surface area contributed by atoms with Crippen molar-refractivity contribution in [3.8, 4) is 5.75 Å². The van der Waals surface area contributed by atoms with Gasteiger partial charge in [-0.15, -0.1) is 0 Å². The fourth-order valence-electron chi connectivity index (χ4n) is 2.84. The van der Waals surface area contributed by atoms with Crippen molar-refractivity contribution >= 4 is 23.5 Å². The Bertz CT molecular complexity index is 798. The first-order valence-corrected chi connectivity index (χ1v) is 7.86. The minimum Gasteiger partial charge on any atom is -0.492 e. The summed E-state index contributed by atoms with van der Waals surface area (Å²) >= 11 is 6.13. The molecule has 126 valence electrons. The molecule has 0 radical (unpaired) electrons. The lowest BCUT2D eigenvalue weighted by molar-refractivity contribution is -0.136. The highest BCUT2D eigenvalue weighted by molar-refractivity contribution is 6.32. The highest BCUT2D eigenvalue weighted by atomic mass is 35.5. The standard InChI is InChI=1S/C17H16ClNO5/c1-9-8-24-13(7-14(20)21)15(9)17(22)19-12-5-6-23-16-10(12)3-2-4-11(16)18/h2-4,8,12H,5-7H2,1H3,(H,19,22)(H,20,21). The van der Waals surface area contributed by atoms with Crippen molar-refractivity contribution in [3.63, 3.8) is 0 Å². The first kappa shape index (κ1) is 16.4. The summed E-state index contributed by atoms with van der Waals surface area (Å²) in [6.07, 6.45) is 1.65. The van der Waals surface area contributed by atoms with Crippen molar-refractivity contribution < 1.29 is 23.8 Å². The number of amides is 1. The number of carboxylic acids is 1. The number of carbonyl (C=O) groups is 2. The van der Waals surface area contributed by atoms with Crippen LogP contribution in [0.3, 0.4) is 0 Å². The SMILES string of the molecule is Cc1coc(CC(=O)O)c1C(=O)NC1CCOc2c(Cl)cccc21. The molecule has 1 atom stereocenters. The number of furan rings is 1. The lowest BCUT2D eigenvalue weighted by Crippen LogP contribution is -2.33. The quantitative estimate of drug-likeness (QED) is 0.885. The van der Waals surface area contributed by atoms with Crippen molar-refractivity contribution in [2.24, 2.45) is 0 Å². The molecular weight excluding hydrogens is 334 g/mol. The zero-order valence-electron chi connectivity index (χ0n) is 13.0. The van der Waals surface area contributed by atoms with E-state index in [1.807, 2.05) is 6.07 Å². The summed E-state index contributed by atoms with van der Waals surface area (Å²) < 4.78 is 10.8. The van der Waals surface area contributed by atoms with Gasteiger partial charge in [0.25, 0.3) is 5.91 Å². The Morgan fingerprint density at radius 3 is 2.96 bits per heavy atom. The molecule has 0 aliphatic carbocycles. The summed E-state index contributed by atoms with van der Waals surface area (Å²) in [5, 5.41) is 12.4. The maximum Gasteiger partial charge on any atom is 0.311 e. The first-order chi connectivity index (χ1) is 11.5. The van der Waals surface area contributed by atoms with Gasteiger partial charge in [0, 0.05) is 17.5 Å². The van der Waals surface area contributed by atoms with Crippen LogP contribution in [0, 0.1) is 6.92 Å². The van der Waals surface area contributed by atoms with Gasteiger partial charge in [0.05, 0.1) is 29.5 Å². The third-order valence-electron chi connectivity index (χ3n) is 3.92. The number of fused-ring (bicyclic) bond motifs is 1. The summed E-state index contributed by atoms with van der Waals surface area (Å²) in [7, 11) is 0. The number of carboxylic acid groups (broad SMARTS) is 1. The second-order valence-corrected chi connectivity index (χ2v) is 6.02. The monoisotopic (exact) mass is 349 g/mol. The number of halogens is 1. The van der Waals surface area contributed by atoms with Crippen LogP contribution in [-0.4, -0.2) is 23.6 Å². The molecule has 1 aliphatic heterocycles. The second-order valence-electron chi connectivity index (χ2n) is 5.61. The molecule has 1 aromatic carbocycles. The lowest BCUT2D eigenvalue weighted by Gasteiger charge is -2.27. The zero-order valence-corrected chi connectivity index (χ0v) is 13.7. The van der Waals surface area contributed by atoms with Gasteiger partial charge in [-0.25, -0.2) is 0 Å². The van der Waals surface area contributed by atoms with Crippen LogP contribution in [0.5, 0.6) is 5.75 Å². The van der Waals surface area contributed by atoms with E-state index in [0.717, 1.165) is 5.56 Å². The molecule has 7 heteroatoms. The highest BCUT2D eigenvalue weighted by Gasteiger charge is 2.27. The van der Waals surface area contributed by atoms with Crippen LogP contribution in [0.2, 0.25) is 5.02 Å². The second kappa shape index (κ2) is 6.57. The molecule has 2 N–H and O–H groups in total. The normalized spacial score (nSPS) is 16.2. The van der Waals surface area contributed by atoms with Gasteiger partial charge in [0.2, 0.25) is 0 Å². The number of ether oxygens (including phenoxy) is 1. The van der Waals surface area contributed by atoms with E-state index in [9.17, 15) is 9.59 Å². The molecule has 24 heavy (non-hydrogen) atoms. The number of hydrogen-bond acceptors (Lipinski definition) is 4. The molecule has 0 bridgehead atoms. The molecule has 2 aromatic rings. The number of benzene rings is 1. The van der Waals surface area contributed by atoms with E-state index in [0.29, 0.717) is 29.4 Å². The van der Waals surface area contributed by atoms with Gasteiger partial charge in [-0.1, -0.05) is 23.7 Å². The predicted octanol–water partition coefficient (Wildman–Crippen LogP) is 3.12. The zero-order chi connectivity index (χ0) is 17.3. The molecule has 6 nitrogen and oxygen atoms in total. The predicted molar refractivity (Wildman–Crippen MR) is 86.6 cm³/mol. The molecule has 0 fully saturated rings. The number of para-hydroxylation sites is 1. The van der Waals surface area contributed by atoms with Crippen LogP contribution >= 0.6 is 11.6 Å². The fourth-order valence-corrected chi connectivity index (χ4v) is 3.07. The average molecular weight is 350 g/mol. The molecule has 1 aliphatic rings. The fraction of sp³-hybridized carbons (Fsp3) is 0.294. The number of rotatable bonds is 4. The van der Waals surface area contributed by atoms with Gasteiger partial charge in [0.15, 0.2) is 0 Å². The summed E-state index contributed by atoms with van der Waals surface area (Å²) in [6.45, 7) is 2.15. The Morgan fingerprint density at radius 2 is 2.21 bits per heavy atom. The van der Waals surface area contributed by atoms with Crippen LogP contribution in [0.15, 0.2) is 28.9 Å². The Labute approximate surface area is 143 Å². The van der Waals surface area contributed by atoms with Crippen molar-refractivity contribution in [1.29, 1.82) is 0 Å². The van der Waals surface area contributed by atoms with Gasteiger partial charge < -0.3 is 19.6 Å². The summed E-state index contributed by atoms with van der Waals surface area (Å²) in [5.74, 6) is -0.696. The summed E-state index contributed by atoms with van der Waals surface area (Å²) in [6, 6.07) is 5.13. The summed E-state index contributed by atoms with van der Waals surface area (Å²) in [5.41, 5.74) is 1.68. The van der Waals surface area contributed by atoms with E-state index >= 15 is 0 Å². The van der Waals surface area contributed by atoms with E-state index in [1.54, 1.807) is 19.1 Å². The molecule has 2 heterocycles. The average Bonchev–Trinajstić information content (AvgIpc) is 2.88. The van der Waals surface area contributed by atoms with Gasteiger partial charge >= 0.3 is 5.97 Å². The number of hydrogen-bond donors (Lipinski definition) is 2. The van der Waals surface area contributed by atoms with Gasteiger partial charge in [-0.05, 0) is 13.0 Å². The third kappa shape index (κ3) is 3.10. The number of carbonyl (C=O) groups excluding carboxylic acids is 1. The molecule has 1 unspecified atom stereocenters. The molecule has 0 spiro atoms. The first-order valence-electron chi connectivity index (χ1n) is 7.48. The van der Waals surface area contributed by atoms with E-state index in [2.05, 4.69) is 5.32 Å². The highest BCUT2D eigenvalue weighted by Crippen LogP contribution is 2.37. The third-order valence-corrected chi connectivity index (χ3v) is 4.22. The minimum atomic E-state index is -1.05. The van der Waals surface area contributed by atoms with Crippen molar-refractivity contribution in [2.45, 2.75) is 25.8 Å². The van der Waals surface area contributed by atoms with Crippen LogP contribution in [0.1, 0.15) is 39.7 Å². The lowest BCUT2D eigenvalue weighted by atomic mass is 9.99. The molecule has 0 saturated heterocycles. The molecule has 0 saturated carbocycles. The maximum absolute atomic E-state index is 12.7. The van der Waals surface area contributed by atoms with Crippen LogP contribution < -0.4 is 10.1 Å². The van der Waals surface area contributed by atoms with Gasteiger partial charge in [-0.2, -0.15) is 0 Å². The number of aliphatic carboxylic acids is 1. The smallest absolute Gasteiger partial charge is 0.311 e. The van der Waals surface area contributed by atoms with Crippen molar-refractivity contribution in [3.05, 3.63) is 51.9 Å². The Morgan fingerprint density at radius 1 is 1.42 bits per heavy atom. The van der Waals surface area contributed by atoms with Crippen LogP contribution in [-0.2, 0) is 11.2 Å². The van der Waals surface area contributed by atoms with E-state index in [4.69, 9.17) is 25.9 Å². The largest absolute Gasteiger partial charge is 0.492 e. The number of nitrogens with one attached hydrogen (secondary N) is 1. The molecule has 1 aromatic heterocycles. The van der Waals surface area contributed by atoms with Gasteiger partial charge in [-0.3, -0.25) is 9.59 Å². The minimum absolute atomic E-state index is 0.149. The summed E-state index contributed by atoms with van der Waals surface area (Å²) in [4.78, 5) is 23.6. The molecular formula is C17H16ClNO5. The van der Waals surface area contributed by atoms with Crippen LogP contribution in [0.4, 0.5) is 0 Å². The van der Waals surface area contributed by atoms with Crippen LogP contribution in [0.25, 0.3) is 0 Å². The van der Waals surface area contributed by atoms with Crippen molar-refractivity contribution in [2.75, 3.05) is 6.61 Å². The van der Waals surface area contributed by atoms with E-state index in [1.165, 1.54) is 6.26 Å². The Balaban J connectivity index is 1.86. The topological polar surface area (TPSA) is 88.8 Å². The molecule has 1 amide bonds. The van der Waals surface area contributed by atoms with Gasteiger partial charge in [0.1, 0.15) is 17.9 Å². The maximum atomic E-state index is 12.7. The Hall–Kier alpha value is -2.47. The van der Waals surface area contributed by atoms with E-state index < -0.39 is 5.97 Å². The van der Waals surface area contributed by atoms with E-state index in [-0.39, 0.29) is 29.7 Å². The Kier molecular flexibility index (Phi) is 4.49. The van der Waals surface area contributed by atoms with Crippen molar-refractivity contribution in [1.82, 2.24) is 5.32 Å². The number of aryl methyl sites for hydroxylation is 1.